The quantitative estimate of drug-likeness (QED) is 0.305. The van der Waals surface area contributed by atoms with E-state index in [-0.39, 0.29) is 0 Å². The summed E-state index contributed by atoms with van der Waals surface area (Å²) in [7, 11) is 0. The fourth-order valence-electron chi connectivity index (χ4n) is 4.64. The summed E-state index contributed by atoms with van der Waals surface area (Å²) in [5, 5.41) is 3.48. The van der Waals surface area contributed by atoms with Crippen LogP contribution in [0.15, 0.2) is 97.2 Å². The number of anilines is 2. The number of nitrogens with two attached hydrogens (primary N) is 1. The molecule has 0 radical (unpaired) electrons. The smallest absolute Gasteiger partial charge is 0.405 e. The van der Waals surface area contributed by atoms with Crippen molar-refractivity contribution in [2.75, 3.05) is 5.32 Å². The number of hydrogen-bond acceptors (Lipinski definition) is 5. The monoisotopic (exact) mass is 473 g/mol. The van der Waals surface area contributed by atoms with Gasteiger partial charge < -0.3 is 15.8 Å². The van der Waals surface area contributed by atoms with Crippen LogP contribution in [0.1, 0.15) is 18.6 Å². The van der Waals surface area contributed by atoms with E-state index in [1.54, 1.807) is 13.1 Å². The number of ether oxygens (including phenoxy) is 1. The number of rotatable bonds is 4. The van der Waals surface area contributed by atoms with Crippen LogP contribution < -0.4 is 11.1 Å². The summed E-state index contributed by atoms with van der Waals surface area (Å²) >= 11 is 0. The standard InChI is InChI=1S/C29H23N5O2/c1-18(36-29(30)35)19-13-15-21(16-14-19)26-25(20-8-3-2-4-9-20)33-28-22-10-5-6-11-23(22)32-27-24(34(26)28)12-7-17-31-27/h2-18H,1H3,(H2,30,35)(H,31,32). The Kier molecular flexibility index (Phi) is 5.22. The van der Waals surface area contributed by atoms with Gasteiger partial charge in [0.15, 0.2) is 5.82 Å². The number of para-hydroxylation sites is 1. The lowest BCUT2D eigenvalue weighted by molar-refractivity contribution is 0.116. The summed E-state index contributed by atoms with van der Waals surface area (Å²) in [6.45, 7) is 1.80. The van der Waals surface area contributed by atoms with E-state index < -0.39 is 12.2 Å². The van der Waals surface area contributed by atoms with Gasteiger partial charge in [0.1, 0.15) is 11.9 Å². The molecule has 1 amide bonds. The number of fused-ring (bicyclic) bond motifs is 5. The highest BCUT2D eigenvalue weighted by Gasteiger charge is 2.27. The molecule has 7 heteroatoms. The number of carbonyl (C=O) groups is 1. The predicted octanol–water partition coefficient (Wildman–Crippen LogP) is 6.48. The number of amides is 1. The molecule has 3 heterocycles. The molecule has 6 rings (SSSR count). The number of nitrogens with zero attached hydrogens (tertiary/aromatic N) is 3. The van der Waals surface area contributed by atoms with E-state index in [0.29, 0.717) is 0 Å². The minimum Gasteiger partial charge on any atom is -0.442 e. The molecular weight excluding hydrogens is 450 g/mol. The van der Waals surface area contributed by atoms with E-state index in [9.17, 15) is 4.79 Å². The number of benzene rings is 3. The predicted molar refractivity (Wildman–Crippen MR) is 140 cm³/mol. The maximum Gasteiger partial charge on any atom is 0.405 e. The van der Waals surface area contributed by atoms with E-state index in [0.717, 1.165) is 56.7 Å². The number of hydrogen-bond donors (Lipinski definition) is 2. The van der Waals surface area contributed by atoms with Gasteiger partial charge in [-0.15, -0.1) is 0 Å². The minimum atomic E-state index is -0.797. The zero-order valence-corrected chi connectivity index (χ0v) is 19.6. The van der Waals surface area contributed by atoms with E-state index >= 15 is 0 Å². The maximum absolute atomic E-state index is 11.2. The van der Waals surface area contributed by atoms with E-state index in [4.69, 9.17) is 15.5 Å². The molecule has 0 aliphatic carbocycles. The Morgan fingerprint density at radius 1 is 0.917 bits per heavy atom. The van der Waals surface area contributed by atoms with E-state index in [1.165, 1.54) is 0 Å². The van der Waals surface area contributed by atoms with Gasteiger partial charge in [-0.25, -0.2) is 14.8 Å². The Balaban J connectivity index is 1.63. The molecule has 36 heavy (non-hydrogen) atoms. The third-order valence-corrected chi connectivity index (χ3v) is 6.32. The molecule has 0 fully saturated rings. The summed E-state index contributed by atoms with van der Waals surface area (Å²) in [5.74, 6) is 1.58. The van der Waals surface area contributed by atoms with E-state index in [1.807, 2.05) is 72.8 Å². The molecule has 3 aromatic carbocycles. The highest BCUT2D eigenvalue weighted by atomic mass is 16.6. The number of carbonyl (C=O) groups excluding carboxylic acids is 1. The zero-order valence-electron chi connectivity index (χ0n) is 19.6. The van der Waals surface area contributed by atoms with Crippen molar-refractivity contribution in [2.24, 2.45) is 5.73 Å². The molecule has 7 nitrogen and oxygen atoms in total. The Hall–Kier alpha value is -4.91. The largest absolute Gasteiger partial charge is 0.442 e. The molecule has 2 aromatic heterocycles. The van der Waals surface area contributed by atoms with Crippen LogP contribution in [0.25, 0.3) is 39.6 Å². The minimum absolute atomic E-state index is 0.450. The lowest BCUT2D eigenvalue weighted by Gasteiger charge is -2.15. The Bertz CT molecular complexity index is 1580. The van der Waals surface area contributed by atoms with Crippen molar-refractivity contribution in [1.82, 2.24) is 14.5 Å². The number of imidazole rings is 1. The number of aromatic nitrogens is 3. The van der Waals surface area contributed by atoms with Crippen LogP contribution in [0.2, 0.25) is 0 Å². The van der Waals surface area contributed by atoms with Crippen LogP contribution in [0, 0.1) is 0 Å². The molecular formula is C29H23N5O2. The molecule has 3 N–H and O–H groups in total. The Morgan fingerprint density at radius 3 is 2.44 bits per heavy atom. The van der Waals surface area contributed by atoms with Crippen LogP contribution in [-0.4, -0.2) is 20.6 Å². The van der Waals surface area contributed by atoms with Crippen molar-refractivity contribution < 1.29 is 9.53 Å². The molecule has 1 aliphatic heterocycles. The average molecular weight is 474 g/mol. The second-order valence-corrected chi connectivity index (χ2v) is 8.58. The van der Waals surface area contributed by atoms with Gasteiger partial charge in [0.25, 0.3) is 0 Å². The van der Waals surface area contributed by atoms with Gasteiger partial charge in [-0.05, 0) is 36.8 Å². The number of nitrogens with one attached hydrogen (secondary N) is 1. The van der Waals surface area contributed by atoms with Gasteiger partial charge in [-0.1, -0.05) is 66.7 Å². The summed E-state index contributed by atoms with van der Waals surface area (Å²) in [6, 6.07) is 30.2. The van der Waals surface area contributed by atoms with Crippen molar-refractivity contribution in [3.8, 4) is 39.6 Å². The van der Waals surface area contributed by atoms with Gasteiger partial charge in [-0.2, -0.15) is 0 Å². The molecule has 5 aromatic rings. The second kappa shape index (κ2) is 8.70. The van der Waals surface area contributed by atoms with Crippen LogP contribution in [0.5, 0.6) is 0 Å². The number of pyridine rings is 1. The molecule has 0 bridgehead atoms. The highest BCUT2D eigenvalue weighted by molar-refractivity contribution is 5.90. The third-order valence-electron chi connectivity index (χ3n) is 6.32. The lowest BCUT2D eigenvalue weighted by Crippen LogP contribution is -2.15. The summed E-state index contributed by atoms with van der Waals surface area (Å²) in [4.78, 5) is 21.1. The topological polar surface area (TPSA) is 95.1 Å². The molecule has 0 spiro atoms. The summed E-state index contributed by atoms with van der Waals surface area (Å²) in [5.41, 5.74) is 12.7. The van der Waals surface area contributed by atoms with Gasteiger partial charge in [0.05, 0.1) is 22.8 Å². The van der Waals surface area contributed by atoms with Crippen LogP contribution >= 0.6 is 0 Å². The van der Waals surface area contributed by atoms with Crippen LogP contribution in [0.3, 0.4) is 0 Å². The van der Waals surface area contributed by atoms with Crippen molar-refractivity contribution >= 4 is 17.6 Å². The van der Waals surface area contributed by atoms with Crippen molar-refractivity contribution in [2.45, 2.75) is 13.0 Å². The lowest BCUT2D eigenvalue weighted by atomic mass is 10.0. The highest BCUT2D eigenvalue weighted by Crippen LogP contribution is 2.44. The first-order valence-corrected chi connectivity index (χ1v) is 11.7. The molecule has 1 aliphatic rings. The first kappa shape index (κ1) is 21.6. The van der Waals surface area contributed by atoms with Crippen molar-refractivity contribution in [1.29, 1.82) is 0 Å². The van der Waals surface area contributed by atoms with Gasteiger partial charge >= 0.3 is 6.09 Å². The number of primary amides is 1. The van der Waals surface area contributed by atoms with Crippen LogP contribution in [0.4, 0.5) is 16.3 Å². The van der Waals surface area contributed by atoms with Gasteiger partial charge in [0.2, 0.25) is 0 Å². The van der Waals surface area contributed by atoms with Gasteiger partial charge in [-0.3, -0.25) is 4.57 Å². The Morgan fingerprint density at radius 2 is 1.67 bits per heavy atom. The van der Waals surface area contributed by atoms with Crippen molar-refractivity contribution in [3.05, 3.63) is 103 Å². The molecule has 1 atom stereocenters. The second-order valence-electron chi connectivity index (χ2n) is 8.58. The summed E-state index contributed by atoms with van der Waals surface area (Å²) < 4.78 is 7.33. The first-order chi connectivity index (χ1) is 17.6. The fourth-order valence-corrected chi connectivity index (χ4v) is 4.64. The summed E-state index contributed by atoms with van der Waals surface area (Å²) in [6.07, 6.45) is 0.534. The first-order valence-electron chi connectivity index (χ1n) is 11.7. The molecule has 0 saturated carbocycles. The molecule has 176 valence electrons. The average Bonchev–Trinajstić information content (AvgIpc) is 3.23. The van der Waals surface area contributed by atoms with E-state index in [2.05, 4.69) is 33.1 Å². The zero-order chi connectivity index (χ0) is 24.6. The van der Waals surface area contributed by atoms with Gasteiger partial charge in [0, 0.05) is 22.9 Å². The SMILES string of the molecule is CC(OC(N)=O)c1ccc(-c2c(-c3ccccc3)nc3n2-c2cccnc2Nc2ccccc2-3)cc1. The Labute approximate surface area is 208 Å². The third kappa shape index (κ3) is 3.67. The van der Waals surface area contributed by atoms with Crippen LogP contribution in [-0.2, 0) is 4.74 Å². The molecule has 1 unspecified atom stereocenters. The maximum atomic E-state index is 11.2. The fraction of sp³-hybridized carbons (Fsp3) is 0.0690. The molecule has 0 saturated heterocycles. The normalized spacial score (nSPS) is 12.4. The van der Waals surface area contributed by atoms with Crippen molar-refractivity contribution in [3.63, 3.8) is 0 Å².